The van der Waals surface area contributed by atoms with Crippen LogP contribution in [-0.2, 0) is 13.1 Å². The molecule has 0 saturated carbocycles. The predicted octanol–water partition coefficient (Wildman–Crippen LogP) is 2.14. The maximum Gasteiger partial charge on any atom is 0.115 e. The quantitative estimate of drug-likeness (QED) is 0.677. The smallest absolute Gasteiger partial charge is 0.115 e. The molecule has 2 rings (SSSR count). The molecule has 1 aromatic rings. The Hall–Kier alpha value is -0.890. The van der Waals surface area contributed by atoms with Crippen molar-refractivity contribution in [1.29, 1.82) is 0 Å². The summed E-state index contributed by atoms with van der Waals surface area (Å²) in [6.45, 7) is -0.421. The highest BCUT2D eigenvalue weighted by molar-refractivity contribution is 5.39. The SMILES string of the molecule is OC1CCc2c(CF)cccc21. The first-order chi connectivity index (χ1) is 5.83. The molecule has 0 amide bonds. The lowest BCUT2D eigenvalue weighted by Gasteiger charge is -2.05. The molecule has 12 heavy (non-hydrogen) atoms. The molecule has 0 radical (unpaired) electrons. The van der Waals surface area contributed by atoms with Crippen molar-refractivity contribution in [3.05, 3.63) is 34.9 Å². The van der Waals surface area contributed by atoms with E-state index in [1.54, 1.807) is 6.07 Å². The Morgan fingerprint density at radius 2 is 2.33 bits per heavy atom. The van der Waals surface area contributed by atoms with Crippen LogP contribution in [0.15, 0.2) is 18.2 Å². The van der Waals surface area contributed by atoms with E-state index in [1.165, 1.54) is 0 Å². The summed E-state index contributed by atoms with van der Waals surface area (Å²) < 4.78 is 12.4. The minimum Gasteiger partial charge on any atom is -0.388 e. The minimum atomic E-state index is -0.421. The van der Waals surface area contributed by atoms with Crippen LogP contribution < -0.4 is 0 Å². The summed E-state index contributed by atoms with van der Waals surface area (Å²) in [5, 5.41) is 9.48. The largest absolute Gasteiger partial charge is 0.388 e. The van der Waals surface area contributed by atoms with Crippen LogP contribution >= 0.6 is 0 Å². The summed E-state index contributed by atoms with van der Waals surface area (Å²) in [6.07, 6.45) is 1.19. The second kappa shape index (κ2) is 2.87. The van der Waals surface area contributed by atoms with Crippen molar-refractivity contribution >= 4 is 0 Å². The highest BCUT2D eigenvalue weighted by atomic mass is 19.1. The van der Waals surface area contributed by atoms with E-state index in [1.807, 2.05) is 12.1 Å². The monoisotopic (exact) mass is 166 g/mol. The molecule has 0 aromatic heterocycles. The minimum absolute atomic E-state index is 0.369. The Bertz CT molecular complexity index is 296. The van der Waals surface area contributed by atoms with Crippen LogP contribution in [-0.4, -0.2) is 5.11 Å². The highest BCUT2D eigenvalue weighted by Crippen LogP contribution is 2.33. The molecule has 0 fully saturated rings. The molecule has 1 aliphatic carbocycles. The molecule has 1 aliphatic rings. The van der Waals surface area contributed by atoms with Gasteiger partial charge in [0, 0.05) is 0 Å². The zero-order valence-electron chi connectivity index (χ0n) is 6.76. The van der Waals surface area contributed by atoms with Gasteiger partial charge < -0.3 is 5.11 Å². The first-order valence-electron chi connectivity index (χ1n) is 4.17. The first-order valence-corrected chi connectivity index (χ1v) is 4.17. The van der Waals surface area contributed by atoms with E-state index in [0.29, 0.717) is 0 Å². The first kappa shape index (κ1) is 7.74. The Kier molecular flexibility index (Phi) is 1.85. The number of hydrogen-bond donors (Lipinski definition) is 1. The number of halogens is 1. The Balaban J connectivity index is 2.50. The van der Waals surface area contributed by atoms with Gasteiger partial charge in [-0.15, -0.1) is 0 Å². The maximum atomic E-state index is 12.4. The van der Waals surface area contributed by atoms with E-state index in [4.69, 9.17) is 0 Å². The van der Waals surface area contributed by atoms with Gasteiger partial charge in [-0.3, -0.25) is 0 Å². The lowest BCUT2D eigenvalue weighted by molar-refractivity contribution is 0.180. The third kappa shape index (κ3) is 1.03. The number of alkyl halides is 1. The van der Waals surface area contributed by atoms with E-state index in [-0.39, 0.29) is 6.10 Å². The van der Waals surface area contributed by atoms with E-state index in [0.717, 1.165) is 29.5 Å². The van der Waals surface area contributed by atoms with Gasteiger partial charge in [-0.25, -0.2) is 4.39 Å². The second-order valence-corrected chi connectivity index (χ2v) is 3.17. The third-order valence-corrected chi connectivity index (χ3v) is 2.48. The number of aliphatic hydroxyl groups excluding tert-OH is 1. The number of fused-ring (bicyclic) bond motifs is 1. The Labute approximate surface area is 70.8 Å². The standard InChI is InChI=1S/C10H11FO/c11-6-7-2-1-3-9-8(7)4-5-10(9)12/h1-3,10,12H,4-6H2. The van der Waals surface area contributed by atoms with Gasteiger partial charge in [-0.05, 0) is 29.5 Å². The van der Waals surface area contributed by atoms with Crippen molar-refractivity contribution in [2.45, 2.75) is 25.6 Å². The summed E-state index contributed by atoms with van der Waals surface area (Å²) >= 11 is 0. The van der Waals surface area contributed by atoms with Gasteiger partial charge in [0.05, 0.1) is 6.10 Å². The normalized spacial score (nSPS) is 21.0. The van der Waals surface area contributed by atoms with Crippen molar-refractivity contribution in [2.24, 2.45) is 0 Å². The zero-order chi connectivity index (χ0) is 8.55. The van der Waals surface area contributed by atoms with Gasteiger partial charge in [0.25, 0.3) is 0 Å². The second-order valence-electron chi connectivity index (χ2n) is 3.17. The fraction of sp³-hybridized carbons (Fsp3) is 0.400. The molecule has 1 atom stereocenters. The molecular weight excluding hydrogens is 155 g/mol. The van der Waals surface area contributed by atoms with Crippen LogP contribution in [0.3, 0.4) is 0 Å². The van der Waals surface area contributed by atoms with Gasteiger partial charge >= 0.3 is 0 Å². The summed E-state index contributed by atoms with van der Waals surface area (Å²) in [4.78, 5) is 0. The van der Waals surface area contributed by atoms with Gasteiger partial charge in [0.2, 0.25) is 0 Å². The number of hydrogen-bond acceptors (Lipinski definition) is 1. The molecule has 1 aromatic carbocycles. The molecule has 0 aliphatic heterocycles. The van der Waals surface area contributed by atoms with Crippen LogP contribution in [0.5, 0.6) is 0 Å². The fourth-order valence-electron chi connectivity index (χ4n) is 1.83. The zero-order valence-corrected chi connectivity index (χ0v) is 6.76. The van der Waals surface area contributed by atoms with Crippen LogP contribution in [0, 0.1) is 0 Å². The van der Waals surface area contributed by atoms with Crippen molar-refractivity contribution in [3.8, 4) is 0 Å². The molecular formula is C10H11FO. The van der Waals surface area contributed by atoms with E-state index >= 15 is 0 Å². The molecule has 0 spiro atoms. The highest BCUT2D eigenvalue weighted by Gasteiger charge is 2.21. The van der Waals surface area contributed by atoms with Crippen LogP contribution in [0.25, 0.3) is 0 Å². The number of rotatable bonds is 1. The third-order valence-electron chi connectivity index (χ3n) is 2.48. The van der Waals surface area contributed by atoms with E-state index in [9.17, 15) is 9.50 Å². The van der Waals surface area contributed by atoms with Crippen LogP contribution in [0.1, 0.15) is 29.2 Å². The molecule has 1 unspecified atom stereocenters. The van der Waals surface area contributed by atoms with E-state index in [2.05, 4.69) is 0 Å². The molecule has 0 heterocycles. The number of benzene rings is 1. The summed E-state index contributed by atoms with van der Waals surface area (Å²) in [7, 11) is 0. The summed E-state index contributed by atoms with van der Waals surface area (Å²) in [5.74, 6) is 0. The summed E-state index contributed by atoms with van der Waals surface area (Å²) in [5.41, 5.74) is 2.68. The van der Waals surface area contributed by atoms with Gasteiger partial charge in [-0.1, -0.05) is 18.2 Å². The van der Waals surface area contributed by atoms with Gasteiger partial charge in [0.1, 0.15) is 6.67 Å². The summed E-state index contributed by atoms with van der Waals surface area (Å²) in [6, 6.07) is 5.48. The van der Waals surface area contributed by atoms with Crippen molar-refractivity contribution in [2.75, 3.05) is 0 Å². The van der Waals surface area contributed by atoms with Crippen LogP contribution in [0.2, 0.25) is 0 Å². The average Bonchev–Trinajstić information content (AvgIpc) is 2.48. The lowest BCUT2D eigenvalue weighted by atomic mass is 10.0. The van der Waals surface area contributed by atoms with Crippen molar-refractivity contribution in [3.63, 3.8) is 0 Å². The molecule has 64 valence electrons. The van der Waals surface area contributed by atoms with Crippen molar-refractivity contribution in [1.82, 2.24) is 0 Å². The Morgan fingerprint density at radius 1 is 1.50 bits per heavy atom. The van der Waals surface area contributed by atoms with Crippen LogP contribution in [0.4, 0.5) is 4.39 Å². The average molecular weight is 166 g/mol. The topological polar surface area (TPSA) is 20.2 Å². The predicted molar refractivity (Wildman–Crippen MR) is 44.5 cm³/mol. The molecule has 1 N–H and O–H groups in total. The Morgan fingerprint density at radius 3 is 3.08 bits per heavy atom. The molecule has 0 saturated heterocycles. The molecule has 2 heteroatoms. The number of aliphatic hydroxyl groups is 1. The lowest BCUT2D eigenvalue weighted by Crippen LogP contribution is -1.92. The molecule has 1 nitrogen and oxygen atoms in total. The molecule has 0 bridgehead atoms. The maximum absolute atomic E-state index is 12.4. The van der Waals surface area contributed by atoms with Gasteiger partial charge in [-0.2, -0.15) is 0 Å². The van der Waals surface area contributed by atoms with E-state index < -0.39 is 6.67 Å². The van der Waals surface area contributed by atoms with Crippen molar-refractivity contribution < 1.29 is 9.50 Å². The fourth-order valence-corrected chi connectivity index (χ4v) is 1.83. The van der Waals surface area contributed by atoms with Gasteiger partial charge in [0.15, 0.2) is 0 Å².